The van der Waals surface area contributed by atoms with Gasteiger partial charge in [-0.1, -0.05) is 13.0 Å². The molecule has 1 heterocycles. The number of aryl methyl sites for hydroxylation is 1. The van der Waals surface area contributed by atoms with E-state index in [-0.39, 0.29) is 5.92 Å². The summed E-state index contributed by atoms with van der Waals surface area (Å²) in [7, 11) is 0. The number of carbonyl (C=O) groups is 1. The Balaban J connectivity index is 2.00. The van der Waals surface area contributed by atoms with E-state index in [9.17, 15) is 4.79 Å². The highest BCUT2D eigenvalue weighted by Crippen LogP contribution is 2.32. The number of benzene rings is 1. The minimum absolute atomic E-state index is 0.121. The van der Waals surface area contributed by atoms with Crippen molar-refractivity contribution in [3.05, 3.63) is 23.8 Å². The van der Waals surface area contributed by atoms with Gasteiger partial charge in [-0.2, -0.15) is 0 Å². The Bertz CT molecular complexity index is 360. The van der Waals surface area contributed by atoms with Gasteiger partial charge in [-0.3, -0.25) is 0 Å². The zero-order valence-corrected chi connectivity index (χ0v) is 8.73. The van der Waals surface area contributed by atoms with E-state index >= 15 is 0 Å². The molecule has 3 heteroatoms. The van der Waals surface area contributed by atoms with Crippen LogP contribution in [0.3, 0.4) is 0 Å². The van der Waals surface area contributed by atoms with Gasteiger partial charge in [0.25, 0.3) is 0 Å². The van der Waals surface area contributed by atoms with Gasteiger partial charge in [-0.25, -0.2) is 0 Å². The van der Waals surface area contributed by atoms with Gasteiger partial charge < -0.3 is 14.3 Å². The molecule has 3 nitrogen and oxygen atoms in total. The van der Waals surface area contributed by atoms with Crippen LogP contribution in [0.25, 0.3) is 0 Å². The van der Waals surface area contributed by atoms with E-state index in [0.29, 0.717) is 6.79 Å². The van der Waals surface area contributed by atoms with Crippen molar-refractivity contribution in [1.82, 2.24) is 0 Å². The van der Waals surface area contributed by atoms with Crippen LogP contribution < -0.4 is 9.47 Å². The Kier molecular flexibility index (Phi) is 2.90. The highest BCUT2D eigenvalue weighted by molar-refractivity contribution is 5.52. The van der Waals surface area contributed by atoms with E-state index in [4.69, 9.17) is 9.47 Å². The van der Waals surface area contributed by atoms with Crippen molar-refractivity contribution in [2.45, 2.75) is 19.8 Å². The first-order valence-corrected chi connectivity index (χ1v) is 5.13. The molecule has 0 saturated heterocycles. The molecule has 1 aromatic rings. The third-order valence-corrected chi connectivity index (χ3v) is 2.56. The van der Waals surface area contributed by atoms with Gasteiger partial charge in [0.05, 0.1) is 0 Å². The van der Waals surface area contributed by atoms with Crippen LogP contribution >= 0.6 is 0 Å². The first kappa shape index (κ1) is 10.0. The van der Waals surface area contributed by atoms with E-state index in [1.165, 1.54) is 5.56 Å². The van der Waals surface area contributed by atoms with Crippen LogP contribution in [0.15, 0.2) is 18.2 Å². The average Bonchev–Trinajstić information content (AvgIpc) is 2.72. The van der Waals surface area contributed by atoms with E-state index in [1.807, 2.05) is 25.1 Å². The van der Waals surface area contributed by atoms with Crippen LogP contribution in [-0.4, -0.2) is 13.1 Å². The number of rotatable bonds is 4. The Morgan fingerprint density at radius 1 is 1.40 bits per heavy atom. The zero-order chi connectivity index (χ0) is 10.7. The molecule has 2 rings (SSSR count). The molecule has 0 fully saturated rings. The average molecular weight is 206 g/mol. The zero-order valence-electron chi connectivity index (χ0n) is 8.73. The molecule has 15 heavy (non-hydrogen) atoms. The van der Waals surface area contributed by atoms with E-state index in [0.717, 1.165) is 30.6 Å². The summed E-state index contributed by atoms with van der Waals surface area (Å²) >= 11 is 0. The molecule has 1 aliphatic rings. The van der Waals surface area contributed by atoms with Gasteiger partial charge in [0, 0.05) is 5.92 Å². The van der Waals surface area contributed by atoms with Crippen LogP contribution in [0, 0.1) is 5.92 Å². The molecule has 0 radical (unpaired) electrons. The number of fused-ring (bicyclic) bond motifs is 1. The predicted molar refractivity (Wildman–Crippen MR) is 56.1 cm³/mol. The number of aldehydes is 1. The minimum Gasteiger partial charge on any atom is -0.454 e. The lowest BCUT2D eigenvalue weighted by Gasteiger charge is -2.04. The highest BCUT2D eigenvalue weighted by Gasteiger charge is 2.13. The van der Waals surface area contributed by atoms with Crippen molar-refractivity contribution >= 4 is 6.29 Å². The number of ether oxygens (including phenoxy) is 2. The third kappa shape index (κ3) is 2.29. The van der Waals surface area contributed by atoms with Crippen LogP contribution in [-0.2, 0) is 11.2 Å². The lowest BCUT2D eigenvalue weighted by atomic mass is 10.0. The fraction of sp³-hybridized carbons (Fsp3) is 0.417. The molecule has 1 aromatic carbocycles. The second-order valence-corrected chi connectivity index (χ2v) is 3.84. The Hall–Kier alpha value is -1.51. The molecule has 0 aliphatic carbocycles. The molecule has 0 N–H and O–H groups in total. The SMILES string of the molecule is CC(C=O)CCc1ccc2c(c1)OCO2. The molecule has 1 aliphatic heterocycles. The molecular formula is C12H14O3. The van der Waals surface area contributed by atoms with Gasteiger partial charge in [0.15, 0.2) is 11.5 Å². The van der Waals surface area contributed by atoms with Crippen LogP contribution in [0.2, 0.25) is 0 Å². The van der Waals surface area contributed by atoms with Crippen LogP contribution in [0.5, 0.6) is 11.5 Å². The van der Waals surface area contributed by atoms with Crippen molar-refractivity contribution in [1.29, 1.82) is 0 Å². The second-order valence-electron chi connectivity index (χ2n) is 3.84. The number of hydrogen-bond acceptors (Lipinski definition) is 3. The van der Waals surface area contributed by atoms with Crippen molar-refractivity contribution in [2.24, 2.45) is 5.92 Å². The third-order valence-electron chi connectivity index (χ3n) is 2.56. The van der Waals surface area contributed by atoms with Crippen molar-refractivity contribution in [3.8, 4) is 11.5 Å². The summed E-state index contributed by atoms with van der Waals surface area (Å²) < 4.78 is 10.5. The lowest BCUT2D eigenvalue weighted by molar-refractivity contribution is -0.110. The molecule has 1 atom stereocenters. The molecule has 0 amide bonds. The van der Waals surface area contributed by atoms with Crippen LogP contribution in [0.4, 0.5) is 0 Å². The Morgan fingerprint density at radius 3 is 3.00 bits per heavy atom. The summed E-state index contributed by atoms with van der Waals surface area (Å²) in [4.78, 5) is 10.5. The smallest absolute Gasteiger partial charge is 0.231 e. The summed E-state index contributed by atoms with van der Waals surface area (Å²) in [6.07, 6.45) is 2.77. The normalized spacial score (nSPS) is 15.0. The molecule has 80 valence electrons. The molecule has 1 unspecified atom stereocenters. The largest absolute Gasteiger partial charge is 0.454 e. The first-order valence-electron chi connectivity index (χ1n) is 5.13. The topological polar surface area (TPSA) is 35.5 Å². The minimum atomic E-state index is 0.121. The standard InChI is InChI=1S/C12H14O3/c1-9(7-13)2-3-10-4-5-11-12(6-10)15-8-14-11/h4-7,9H,2-3,8H2,1H3. The van der Waals surface area contributed by atoms with Crippen LogP contribution in [0.1, 0.15) is 18.9 Å². The van der Waals surface area contributed by atoms with Gasteiger partial charge in [0.2, 0.25) is 6.79 Å². The Morgan fingerprint density at radius 2 is 2.20 bits per heavy atom. The van der Waals surface area contributed by atoms with Crippen molar-refractivity contribution in [3.63, 3.8) is 0 Å². The Labute approximate surface area is 89.0 Å². The predicted octanol–water partition coefficient (Wildman–Crippen LogP) is 2.18. The van der Waals surface area contributed by atoms with Gasteiger partial charge in [0.1, 0.15) is 6.29 Å². The fourth-order valence-corrected chi connectivity index (χ4v) is 1.56. The van der Waals surface area contributed by atoms with Gasteiger partial charge in [-0.15, -0.1) is 0 Å². The molecule has 0 aromatic heterocycles. The van der Waals surface area contributed by atoms with E-state index < -0.39 is 0 Å². The molecular weight excluding hydrogens is 192 g/mol. The summed E-state index contributed by atoms with van der Waals surface area (Å²) in [6, 6.07) is 5.92. The second kappa shape index (κ2) is 4.34. The monoisotopic (exact) mass is 206 g/mol. The summed E-state index contributed by atoms with van der Waals surface area (Å²) in [6.45, 7) is 2.24. The number of carbonyl (C=O) groups excluding carboxylic acids is 1. The molecule has 0 spiro atoms. The van der Waals surface area contributed by atoms with Gasteiger partial charge >= 0.3 is 0 Å². The van der Waals surface area contributed by atoms with E-state index in [2.05, 4.69) is 0 Å². The number of hydrogen-bond donors (Lipinski definition) is 0. The summed E-state index contributed by atoms with van der Waals surface area (Å²) in [5.74, 6) is 1.74. The maximum Gasteiger partial charge on any atom is 0.231 e. The molecule has 0 saturated carbocycles. The molecule has 0 bridgehead atoms. The maximum atomic E-state index is 10.5. The lowest BCUT2D eigenvalue weighted by Crippen LogP contribution is -1.98. The maximum absolute atomic E-state index is 10.5. The quantitative estimate of drug-likeness (QED) is 0.708. The van der Waals surface area contributed by atoms with Crippen molar-refractivity contribution < 1.29 is 14.3 Å². The highest BCUT2D eigenvalue weighted by atomic mass is 16.7. The summed E-state index contributed by atoms with van der Waals surface area (Å²) in [5, 5.41) is 0. The first-order chi connectivity index (χ1) is 7.29. The van der Waals surface area contributed by atoms with E-state index in [1.54, 1.807) is 0 Å². The fourth-order valence-electron chi connectivity index (χ4n) is 1.56. The summed E-state index contributed by atoms with van der Waals surface area (Å²) in [5.41, 5.74) is 1.19. The van der Waals surface area contributed by atoms with Gasteiger partial charge in [-0.05, 0) is 30.5 Å². The van der Waals surface area contributed by atoms with Crippen molar-refractivity contribution in [2.75, 3.05) is 6.79 Å².